The third-order valence-electron chi connectivity index (χ3n) is 4.95. The molecule has 2 fully saturated rings. The summed E-state index contributed by atoms with van der Waals surface area (Å²) < 4.78 is 44.8. The molecule has 9 heteroatoms. The zero-order valence-electron chi connectivity index (χ0n) is 14.7. The van der Waals surface area contributed by atoms with E-state index < -0.39 is 28.1 Å². The van der Waals surface area contributed by atoms with Crippen LogP contribution < -0.4 is 0 Å². The number of ether oxygens (including phenoxy) is 1. The Hall–Kier alpha value is -2.78. The summed E-state index contributed by atoms with van der Waals surface area (Å²) in [6.45, 7) is -0.0421. The van der Waals surface area contributed by atoms with Crippen LogP contribution in [0.2, 0.25) is 0 Å². The van der Waals surface area contributed by atoms with Gasteiger partial charge in [0, 0.05) is 13.1 Å². The average molecular weight is 404 g/mol. The molecule has 1 atom stereocenters. The van der Waals surface area contributed by atoms with Crippen LogP contribution in [0, 0.1) is 5.82 Å². The topological polar surface area (TPSA) is 84.0 Å². The van der Waals surface area contributed by atoms with Gasteiger partial charge in [-0.2, -0.15) is 4.31 Å². The minimum atomic E-state index is -3.76. The molecule has 4 rings (SSSR count). The number of hydrogen-bond acceptors (Lipinski definition) is 5. The van der Waals surface area contributed by atoms with Gasteiger partial charge in [-0.25, -0.2) is 22.5 Å². The molecule has 2 amide bonds. The van der Waals surface area contributed by atoms with E-state index in [1.54, 1.807) is 24.3 Å². The van der Waals surface area contributed by atoms with Crippen LogP contribution in [-0.2, 0) is 19.6 Å². The van der Waals surface area contributed by atoms with Crippen LogP contribution in [0.4, 0.5) is 9.18 Å². The Bertz CT molecular complexity index is 1010. The smallest absolute Gasteiger partial charge is 0.417 e. The van der Waals surface area contributed by atoms with E-state index in [4.69, 9.17) is 4.74 Å². The van der Waals surface area contributed by atoms with E-state index in [1.165, 1.54) is 28.6 Å². The molecule has 2 aromatic carbocycles. The fourth-order valence-corrected chi connectivity index (χ4v) is 4.96. The fraction of sp³-hybridized carbons (Fsp3) is 0.263. The van der Waals surface area contributed by atoms with E-state index in [0.29, 0.717) is 6.42 Å². The second-order valence-electron chi connectivity index (χ2n) is 6.66. The third-order valence-corrected chi connectivity index (χ3v) is 6.82. The summed E-state index contributed by atoms with van der Waals surface area (Å²) in [6.07, 6.45) is -0.355. The summed E-state index contributed by atoms with van der Waals surface area (Å²) in [5.41, 5.74) is 1.54. The lowest BCUT2D eigenvalue weighted by atomic mass is 10.1. The van der Waals surface area contributed by atoms with E-state index in [2.05, 4.69) is 0 Å². The van der Waals surface area contributed by atoms with Crippen LogP contribution in [0.15, 0.2) is 53.4 Å². The SMILES string of the molecule is O=C1COC(=O)N1C1CCN(S(=O)(=O)c2ccc(-c3ccc(F)cc3)cc2)C1. The number of rotatable bonds is 4. The fourth-order valence-electron chi connectivity index (χ4n) is 3.47. The Morgan fingerprint density at radius 2 is 1.57 bits per heavy atom. The number of nitrogens with zero attached hydrogens (tertiary/aromatic N) is 2. The second kappa shape index (κ2) is 6.99. The number of sulfonamides is 1. The van der Waals surface area contributed by atoms with Crippen molar-refractivity contribution >= 4 is 22.0 Å². The maximum Gasteiger partial charge on any atom is 0.417 e. The first-order chi connectivity index (χ1) is 13.4. The summed E-state index contributed by atoms with van der Waals surface area (Å²) in [7, 11) is -3.76. The zero-order chi connectivity index (χ0) is 19.9. The van der Waals surface area contributed by atoms with E-state index in [1.807, 2.05) is 0 Å². The first kappa shape index (κ1) is 18.6. The van der Waals surface area contributed by atoms with Crippen LogP contribution in [0.5, 0.6) is 0 Å². The van der Waals surface area contributed by atoms with Crippen LogP contribution in [0.3, 0.4) is 0 Å². The molecule has 0 radical (unpaired) electrons. The molecule has 0 saturated carbocycles. The molecular weight excluding hydrogens is 387 g/mol. The molecule has 2 heterocycles. The van der Waals surface area contributed by atoms with E-state index >= 15 is 0 Å². The molecule has 0 aromatic heterocycles. The lowest BCUT2D eigenvalue weighted by molar-refractivity contribution is -0.127. The summed E-state index contributed by atoms with van der Waals surface area (Å²) in [4.78, 5) is 24.6. The monoisotopic (exact) mass is 404 g/mol. The Kier molecular flexibility index (Phi) is 4.64. The van der Waals surface area contributed by atoms with Crippen molar-refractivity contribution in [2.45, 2.75) is 17.4 Å². The molecule has 28 heavy (non-hydrogen) atoms. The molecule has 2 aliphatic rings. The number of carbonyl (C=O) groups excluding carboxylic acids is 2. The third kappa shape index (κ3) is 3.27. The standard InChI is InChI=1S/C19H17FN2O5S/c20-15-5-1-13(2-6-15)14-3-7-17(8-4-14)28(25,26)21-10-9-16(11-21)22-18(23)12-27-19(22)24/h1-8,16H,9-12H2. The van der Waals surface area contributed by atoms with Gasteiger partial charge < -0.3 is 4.74 Å². The van der Waals surface area contributed by atoms with Gasteiger partial charge in [-0.1, -0.05) is 24.3 Å². The van der Waals surface area contributed by atoms with Crippen LogP contribution in [0.25, 0.3) is 11.1 Å². The average Bonchev–Trinajstić information content (AvgIpc) is 3.29. The van der Waals surface area contributed by atoms with E-state index in [9.17, 15) is 22.4 Å². The molecule has 7 nitrogen and oxygen atoms in total. The van der Waals surface area contributed by atoms with Crippen LogP contribution >= 0.6 is 0 Å². The molecule has 2 aromatic rings. The number of amides is 2. The van der Waals surface area contributed by atoms with Crippen molar-refractivity contribution in [1.29, 1.82) is 0 Å². The molecule has 146 valence electrons. The zero-order valence-corrected chi connectivity index (χ0v) is 15.6. The van der Waals surface area contributed by atoms with Gasteiger partial charge in [0.1, 0.15) is 5.82 Å². The lowest BCUT2D eigenvalue weighted by Gasteiger charge is -2.20. The molecule has 0 N–H and O–H groups in total. The Morgan fingerprint density at radius 1 is 0.964 bits per heavy atom. The maximum absolute atomic E-state index is 13.0. The number of cyclic esters (lactones) is 1. The van der Waals surface area contributed by atoms with Crippen molar-refractivity contribution in [1.82, 2.24) is 9.21 Å². The van der Waals surface area contributed by atoms with Crippen molar-refractivity contribution in [2.24, 2.45) is 0 Å². The number of imide groups is 1. The summed E-state index contributed by atoms with van der Waals surface area (Å²) in [6, 6.07) is 11.7. The van der Waals surface area contributed by atoms with Crippen molar-refractivity contribution in [2.75, 3.05) is 19.7 Å². The summed E-state index contributed by atoms with van der Waals surface area (Å²) >= 11 is 0. The van der Waals surface area contributed by atoms with Gasteiger partial charge in [0.15, 0.2) is 6.61 Å². The van der Waals surface area contributed by atoms with E-state index in [-0.39, 0.29) is 30.4 Å². The number of carbonyl (C=O) groups is 2. The first-order valence-corrected chi connectivity index (χ1v) is 10.2. The van der Waals surface area contributed by atoms with Crippen molar-refractivity contribution in [3.05, 3.63) is 54.3 Å². The molecule has 1 unspecified atom stereocenters. The number of halogens is 1. The lowest BCUT2D eigenvalue weighted by Crippen LogP contribution is -2.42. The highest BCUT2D eigenvalue weighted by Gasteiger charge is 2.43. The highest BCUT2D eigenvalue weighted by molar-refractivity contribution is 7.89. The van der Waals surface area contributed by atoms with Crippen molar-refractivity contribution < 1.29 is 27.1 Å². The van der Waals surface area contributed by atoms with Crippen LogP contribution in [0.1, 0.15) is 6.42 Å². The highest BCUT2D eigenvalue weighted by atomic mass is 32.2. The number of benzene rings is 2. The summed E-state index contributed by atoms with van der Waals surface area (Å²) in [5, 5.41) is 0. The minimum Gasteiger partial charge on any atom is -0.439 e. The van der Waals surface area contributed by atoms with Gasteiger partial charge in [0.25, 0.3) is 5.91 Å². The highest BCUT2D eigenvalue weighted by Crippen LogP contribution is 2.27. The van der Waals surface area contributed by atoms with Crippen LogP contribution in [-0.4, -0.2) is 55.4 Å². The molecule has 0 bridgehead atoms. The second-order valence-corrected chi connectivity index (χ2v) is 8.59. The van der Waals surface area contributed by atoms with Gasteiger partial charge in [-0.05, 0) is 41.8 Å². The molecule has 2 saturated heterocycles. The molecule has 2 aliphatic heterocycles. The van der Waals surface area contributed by atoms with Gasteiger partial charge in [-0.15, -0.1) is 0 Å². The summed E-state index contributed by atoms with van der Waals surface area (Å²) in [5.74, 6) is -0.787. The van der Waals surface area contributed by atoms with Gasteiger partial charge in [0.05, 0.1) is 10.9 Å². The minimum absolute atomic E-state index is 0.0445. The molecule has 0 spiro atoms. The van der Waals surface area contributed by atoms with Gasteiger partial charge >= 0.3 is 6.09 Å². The maximum atomic E-state index is 13.0. The first-order valence-electron chi connectivity index (χ1n) is 8.71. The molecular formula is C19H17FN2O5S. The van der Waals surface area contributed by atoms with Gasteiger partial charge in [-0.3, -0.25) is 4.79 Å². The van der Waals surface area contributed by atoms with Crippen molar-refractivity contribution in [3.63, 3.8) is 0 Å². The van der Waals surface area contributed by atoms with Crippen molar-refractivity contribution in [3.8, 4) is 11.1 Å². The normalized spacial score (nSPS) is 20.6. The predicted octanol–water partition coefficient (Wildman–Crippen LogP) is 2.23. The largest absolute Gasteiger partial charge is 0.439 e. The Labute approximate surface area is 161 Å². The Morgan fingerprint density at radius 3 is 2.14 bits per heavy atom. The van der Waals surface area contributed by atoms with Gasteiger partial charge in [0.2, 0.25) is 10.0 Å². The number of hydrogen-bond donors (Lipinski definition) is 0. The predicted molar refractivity (Wildman–Crippen MR) is 97.2 cm³/mol. The Balaban J connectivity index is 1.51. The van der Waals surface area contributed by atoms with E-state index in [0.717, 1.165) is 16.0 Å². The molecule has 0 aliphatic carbocycles. The quantitative estimate of drug-likeness (QED) is 0.780.